The molecular weight excluding hydrogens is 210 g/mol. The molecule has 0 heterocycles. The minimum absolute atomic E-state index is 0.0588. The highest BCUT2D eigenvalue weighted by molar-refractivity contribution is 5.71. The van der Waals surface area contributed by atoms with Gasteiger partial charge in [0.1, 0.15) is 0 Å². The van der Waals surface area contributed by atoms with E-state index in [1.807, 2.05) is 13.8 Å². The molecule has 16 heavy (non-hydrogen) atoms. The fourth-order valence-corrected chi connectivity index (χ4v) is 1.30. The first kappa shape index (κ1) is 14.7. The van der Waals surface area contributed by atoms with E-state index in [0.717, 1.165) is 19.3 Å². The molecule has 5 nitrogen and oxygen atoms in total. The predicted molar refractivity (Wildman–Crippen MR) is 60.3 cm³/mol. The molecule has 0 aromatic heterocycles. The first-order chi connectivity index (χ1) is 7.60. The van der Waals surface area contributed by atoms with Gasteiger partial charge in [-0.25, -0.2) is 4.79 Å². The van der Waals surface area contributed by atoms with Crippen LogP contribution in [-0.4, -0.2) is 29.8 Å². The molecule has 0 rings (SSSR count). The fourth-order valence-electron chi connectivity index (χ4n) is 1.30. The second-order valence-corrected chi connectivity index (χ2v) is 3.72. The summed E-state index contributed by atoms with van der Waals surface area (Å²) in [6, 6.07) is -0.336. The van der Waals surface area contributed by atoms with Crippen LogP contribution >= 0.6 is 0 Å². The number of hydrogen-bond acceptors (Lipinski definition) is 3. The SMILES string of the molecule is CCCCOC(=O)NC(CCC)CC(=O)O. The van der Waals surface area contributed by atoms with E-state index in [0.29, 0.717) is 13.0 Å². The van der Waals surface area contributed by atoms with Gasteiger partial charge in [-0.05, 0) is 12.8 Å². The van der Waals surface area contributed by atoms with E-state index in [1.165, 1.54) is 0 Å². The summed E-state index contributed by atoms with van der Waals surface area (Å²) in [4.78, 5) is 21.8. The van der Waals surface area contributed by atoms with Gasteiger partial charge < -0.3 is 15.2 Å². The lowest BCUT2D eigenvalue weighted by molar-refractivity contribution is -0.137. The second kappa shape index (κ2) is 9.00. The van der Waals surface area contributed by atoms with Crippen molar-refractivity contribution in [2.24, 2.45) is 0 Å². The van der Waals surface area contributed by atoms with E-state index in [4.69, 9.17) is 9.84 Å². The van der Waals surface area contributed by atoms with Crippen molar-refractivity contribution in [2.75, 3.05) is 6.61 Å². The van der Waals surface area contributed by atoms with Crippen LogP contribution in [0.4, 0.5) is 4.79 Å². The normalized spacial score (nSPS) is 11.9. The van der Waals surface area contributed by atoms with Crippen LogP contribution in [0.5, 0.6) is 0 Å². The first-order valence-corrected chi connectivity index (χ1v) is 5.75. The van der Waals surface area contributed by atoms with Gasteiger partial charge in [-0.1, -0.05) is 26.7 Å². The number of rotatable bonds is 8. The van der Waals surface area contributed by atoms with Crippen molar-refractivity contribution >= 4 is 12.1 Å². The number of carboxylic acid groups (broad SMARTS) is 1. The van der Waals surface area contributed by atoms with E-state index in [-0.39, 0.29) is 12.5 Å². The topological polar surface area (TPSA) is 75.6 Å². The Morgan fingerprint density at radius 1 is 1.31 bits per heavy atom. The van der Waals surface area contributed by atoms with Crippen molar-refractivity contribution < 1.29 is 19.4 Å². The Labute approximate surface area is 96.2 Å². The molecule has 0 aliphatic rings. The van der Waals surface area contributed by atoms with Crippen LogP contribution in [0.3, 0.4) is 0 Å². The summed E-state index contributed by atoms with van der Waals surface area (Å²) in [6.07, 6.45) is 2.68. The number of carbonyl (C=O) groups excluding carboxylic acids is 1. The highest BCUT2D eigenvalue weighted by Gasteiger charge is 2.15. The molecule has 0 aliphatic carbocycles. The third-order valence-corrected chi connectivity index (χ3v) is 2.11. The van der Waals surface area contributed by atoms with Gasteiger partial charge in [0.2, 0.25) is 0 Å². The van der Waals surface area contributed by atoms with Crippen molar-refractivity contribution in [1.82, 2.24) is 5.32 Å². The fraction of sp³-hybridized carbons (Fsp3) is 0.818. The monoisotopic (exact) mass is 231 g/mol. The van der Waals surface area contributed by atoms with Crippen LogP contribution in [-0.2, 0) is 9.53 Å². The van der Waals surface area contributed by atoms with Gasteiger partial charge >= 0.3 is 12.1 Å². The maximum absolute atomic E-state index is 11.3. The van der Waals surface area contributed by atoms with Gasteiger partial charge in [-0.2, -0.15) is 0 Å². The zero-order valence-corrected chi connectivity index (χ0v) is 9.99. The van der Waals surface area contributed by atoms with E-state index < -0.39 is 12.1 Å². The molecule has 1 unspecified atom stereocenters. The zero-order chi connectivity index (χ0) is 12.4. The zero-order valence-electron chi connectivity index (χ0n) is 9.99. The highest BCUT2D eigenvalue weighted by Crippen LogP contribution is 2.02. The van der Waals surface area contributed by atoms with Crippen molar-refractivity contribution in [3.63, 3.8) is 0 Å². The molecule has 0 spiro atoms. The summed E-state index contributed by atoms with van der Waals surface area (Å²) in [6.45, 7) is 4.33. The summed E-state index contributed by atoms with van der Waals surface area (Å²) in [5, 5.41) is 11.2. The number of aliphatic carboxylic acids is 1. The summed E-state index contributed by atoms with van der Waals surface area (Å²) in [7, 11) is 0. The molecule has 0 aliphatic heterocycles. The van der Waals surface area contributed by atoms with Gasteiger partial charge in [0.25, 0.3) is 0 Å². The maximum Gasteiger partial charge on any atom is 0.407 e. The smallest absolute Gasteiger partial charge is 0.407 e. The van der Waals surface area contributed by atoms with Crippen molar-refractivity contribution in [1.29, 1.82) is 0 Å². The van der Waals surface area contributed by atoms with Crippen LogP contribution in [0.15, 0.2) is 0 Å². The summed E-state index contributed by atoms with van der Waals surface area (Å²) in [5.74, 6) is -0.910. The Kier molecular flexibility index (Phi) is 8.29. The number of amides is 1. The number of hydrogen-bond donors (Lipinski definition) is 2. The quantitative estimate of drug-likeness (QED) is 0.628. The molecule has 0 bridgehead atoms. The lowest BCUT2D eigenvalue weighted by Crippen LogP contribution is -2.36. The summed E-state index contributed by atoms with van der Waals surface area (Å²) < 4.78 is 4.90. The van der Waals surface area contributed by atoms with Crippen LogP contribution in [0.1, 0.15) is 46.0 Å². The second-order valence-electron chi connectivity index (χ2n) is 3.72. The van der Waals surface area contributed by atoms with E-state index >= 15 is 0 Å². The van der Waals surface area contributed by atoms with Gasteiger partial charge in [0, 0.05) is 6.04 Å². The Balaban J connectivity index is 3.87. The molecule has 0 aromatic carbocycles. The van der Waals surface area contributed by atoms with Crippen molar-refractivity contribution in [3.05, 3.63) is 0 Å². The number of ether oxygens (including phenoxy) is 1. The standard InChI is InChI=1S/C11H21NO4/c1-3-5-7-16-11(15)12-9(6-4-2)8-10(13)14/h9H,3-8H2,1-2H3,(H,12,15)(H,13,14). The summed E-state index contributed by atoms with van der Waals surface area (Å²) >= 11 is 0. The molecule has 94 valence electrons. The maximum atomic E-state index is 11.3. The molecule has 5 heteroatoms. The Hall–Kier alpha value is -1.26. The predicted octanol–water partition coefficient (Wildman–Crippen LogP) is 2.16. The van der Waals surface area contributed by atoms with E-state index in [1.54, 1.807) is 0 Å². The molecular formula is C11H21NO4. The molecule has 0 fully saturated rings. The lowest BCUT2D eigenvalue weighted by Gasteiger charge is -2.15. The molecule has 1 amide bonds. The average Bonchev–Trinajstić information content (AvgIpc) is 2.17. The van der Waals surface area contributed by atoms with Crippen LogP contribution < -0.4 is 5.32 Å². The third-order valence-electron chi connectivity index (χ3n) is 2.11. The van der Waals surface area contributed by atoms with Crippen molar-refractivity contribution in [3.8, 4) is 0 Å². The number of carbonyl (C=O) groups is 2. The van der Waals surface area contributed by atoms with Crippen LogP contribution in [0.25, 0.3) is 0 Å². The average molecular weight is 231 g/mol. The van der Waals surface area contributed by atoms with Gasteiger partial charge in [0.05, 0.1) is 13.0 Å². The number of nitrogens with one attached hydrogen (secondary N) is 1. The van der Waals surface area contributed by atoms with E-state index in [9.17, 15) is 9.59 Å². The molecule has 0 saturated heterocycles. The molecule has 0 saturated carbocycles. The van der Waals surface area contributed by atoms with Gasteiger partial charge in [-0.3, -0.25) is 4.79 Å². The summed E-state index contributed by atoms with van der Waals surface area (Å²) in [5.41, 5.74) is 0. The molecule has 0 radical (unpaired) electrons. The Morgan fingerprint density at radius 3 is 2.50 bits per heavy atom. The molecule has 1 atom stereocenters. The Bertz CT molecular complexity index is 218. The highest BCUT2D eigenvalue weighted by atomic mass is 16.5. The number of carboxylic acids is 1. The largest absolute Gasteiger partial charge is 0.481 e. The third kappa shape index (κ3) is 8.08. The lowest BCUT2D eigenvalue weighted by atomic mass is 10.1. The number of unbranched alkanes of at least 4 members (excludes halogenated alkanes) is 1. The Morgan fingerprint density at radius 2 is 2.00 bits per heavy atom. The molecule has 2 N–H and O–H groups in total. The van der Waals surface area contributed by atoms with Gasteiger partial charge in [0.15, 0.2) is 0 Å². The number of alkyl carbamates (subject to hydrolysis) is 1. The first-order valence-electron chi connectivity index (χ1n) is 5.75. The van der Waals surface area contributed by atoms with Crippen molar-refractivity contribution in [2.45, 2.75) is 52.0 Å². The van der Waals surface area contributed by atoms with E-state index in [2.05, 4.69) is 5.32 Å². The van der Waals surface area contributed by atoms with Crippen LogP contribution in [0.2, 0.25) is 0 Å². The minimum atomic E-state index is -0.910. The van der Waals surface area contributed by atoms with Crippen LogP contribution in [0, 0.1) is 0 Å². The minimum Gasteiger partial charge on any atom is -0.481 e. The van der Waals surface area contributed by atoms with Gasteiger partial charge in [-0.15, -0.1) is 0 Å². The molecule has 0 aromatic rings.